The van der Waals surface area contributed by atoms with Gasteiger partial charge >= 0.3 is 5.97 Å². The van der Waals surface area contributed by atoms with Crippen LogP contribution in [0.15, 0.2) is 24.3 Å². The summed E-state index contributed by atoms with van der Waals surface area (Å²) in [6, 6.07) is 6.59. The fraction of sp³-hybridized carbons (Fsp3) is 0.182. The Bertz CT molecular complexity index is 625. The van der Waals surface area contributed by atoms with Crippen LogP contribution < -0.4 is 5.32 Å². The second-order valence-corrected chi connectivity index (χ2v) is 4.31. The van der Waals surface area contributed by atoms with Crippen LogP contribution in [0.3, 0.4) is 0 Å². The van der Waals surface area contributed by atoms with Gasteiger partial charge in [0, 0.05) is 10.7 Å². The molecule has 0 aliphatic rings. The third-order valence-electron chi connectivity index (χ3n) is 2.34. The third kappa shape index (κ3) is 3.75. The van der Waals surface area contributed by atoms with Crippen molar-refractivity contribution in [2.75, 3.05) is 5.32 Å². The van der Waals surface area contributed by atoms with E-state index in [0.29, 0.717) is 10.7 Å². The molecule has 0 radical (unpaired) electrons. The zero-order valence-corrected chi connectivity index (χ0v) is 10.9. The van der Waals surface area contributed by atoms with Gasteiger partial charge in [-0.1, -0.05) is 11.6 Å². The molecule has 0 saturated heterocycles. The molecule has 104 valence electrons. The summed E-state index contributed by atoms with van der Waals surface area (Å²) < 4.78 is 1.14. The molecule has 0 spiro atoms. The largest absolute Gasteiger partial charge is 0.481 e. The number of carbonyl (C=O) groups excluding carboxylic acids is 1. The third-order valence-corrected chi connectivity index (χ3v) is 2.59. The van der Waals surface area contributed by atoms with Gasteiger partial charge in [0.2, 0.25) is 5.91 Å². The van der Waals surface area contributed by atoms with Crippen LogP contribution in [0, 0.1) is 0 Å². The summed E-state index contributed by atoms with van der Waals surface area (Å²) in [4.78, 5) is 22.4. The lowest BCUT2D eigenvalue weighted by Gasteiger charge is -2.06. The minimum atomic E-state index is -1.07. The van der Waals surface area contributed by atoms with E-state index in [1.54, 1.807) is 24.3 Å². The number of nitrogens with one attached hydrogen (secondary N) is 1. The van der Waals surface area contributed by atoms with E-state index in [1.807, 2.05) is 0 Å². The quantitative estimate of drug-likeness (QED) is 0.835. The number of carboxylic acids is 1. The van der Waals surface area contributed by atoms with Crippen LogP contribution in [0.2, 0.25) is 5.02 Å². The molecule has 0 unspecified atom stereocenters. The topological polar surface area (TPSA) is 110 Å². The van der Waals surface area contributed by atoms with Crippen molar-refractivity contribution >= 4 is 29.2 Å². The number of rotatable bonds is 5. The Hall–Kier alpha value is -2.48. The van der Waals surface area contributed by atoms with E-state index in [1.165, 1.54) is 0 Å². The summed E-state index contributed by atoms with van der Waals surface area (Å²) in [5.74, 6) is -1.32. The predicted octanol–water partition coefficient (Wildman–Crippen LogP) is 0.592. The molecule has 0 atom stereocenters. The molecule has 0 saturated carbocycles. The van der Waals surface area contributed by atoms with Gasteiger partial charge in [0.15, 0.2) is 5.82 Å². The second kappa shape index (κ2) is 6.11. The normalized spacial score (nSPS) is 10.2. The van der Waals surface area contributed by atoms with Gasteiger partial charge in [-0.25, -0.2) is 4.68 Å². The number of aliphatic carboxylic acids is 1. The number of carboxylic acid groups (broad SMARTS) is 1. The zero-order chi connectivity index (χ0) is 14.5. The molecule has 2 rings (SSSR count). The van der Waals surface area contributed by atoms with Crippen LogP contribution >= 0.6 is 11.6 Å². The average molecular weight is 296 g/mol. The maximum atomic E-state index is 11.8. The molecule has 0 aliphatic heterocycles. The Morgan fingerprint density at radius 3 is 2.65 bits per heavy atom. The summed E-state index contributed by atoms with van der Waals surface area (Å²) in [5, 5.41) is 22.3. The summed E-state index contributed by atoms with van der Waals surface area (Å²) >= 11 is 5.73. The minimum Gasteiger partial charge on any atom is -0.481 e. The lowest BCUT2D eigenvalue weighted by molar-refractivity contribution is -0.136. The number of nitrogens with zero attached hydrogens (tertiary/aromatic N) is 4. The van der Waals surface area contributed by atoms with Gasteiger partial charge < -0.3 is 10.4 Å². The molecule has 0 aliphatic carbocycles. The molecule has 0 fully saturated rings. The van der Waals surface area contributed by atoms with Crippen LogP contribution in [-0.2, 0) is 22.6 Å². The molecule has 2 aromatic rings. The average Bonchev–Trinajstić information content (AvgIpc) is 2.78. The Kier molecular flexibility index (Phi) is 4.26. The summed E-state index contributed by atoms with van der Waals surface area (Å²) in [6.07, 6.45) is -0.346. The Labute approximate surface area is 118 Å². The number of amides is 1. The molecule has 2 N–H and O–H groups in total. The van der Waals surface area contributed by atoms with Crippen LogP contribution in [0.1, 0.15) is 5.82 Å². The molecule has 1 aromatic heterocycles. The molecule has 1 heterocycles. The maximum absolute atomic E-state index is 11.8. The van der Waals surface area contributed by atoms with Gasteiger partial charge in [-0.3, -0.25) is 9.59 Å². The fourth-order valence-corrected chi connectivity index (χ4v) is 1.60. The van der Waals surface area contributed by atoms with Crippen LogP contribution in [0.25, 0.3) is 0 Å². The lowest BCUT2D eigenvalue weighted by Crippen LogP contribution is -2.22. The Morgan fingerprint density at radius 1 is 1.30 bits per heavy atom. The summed E-state index contributed by atoms with van der Waals surface area (Å²) in [5.41, 5.74) is 0.576. The highest BCUT2D eigenvalue weighted by Gasteiger charge is 2.13. The smallest absolute Gasteiger partial charge is 0.311 e. The van der Waals surface area contributed by atoms with Crippen LogP contribution in [0.4, 0.5) is 5.69 Å². The first-order valence-electron chi connectivity index (χ1n) is 5.57. The van der Waals surface area contributed by atoms with Gasteiger partial charge in [0.1, 0.15) is 13.0 Å². The molecule has 20 heavy (non-hydrogen) atoms. The SMILES string of the molecule is O=C(O)Cc1nnnn1CC(=O)Nc1ccc(Cl)cc1. The number of carbonyl (C=O) groups is 2. The molecule has 8 nitrogen and oxygen atoms in total. The highest BCUT2D eigenvalue weighted by atomic mass is 35.5. The van der Waals surface area contributed by atoms with Gasteiger partial charge in [-0.15, -0.1) is 5.10 Å². The van der Waals surface area contributed by atoms with Crippen molar-refractivity contribution in [1.82, 2.24) is 20.2 Å². The summed E-state index contributed by atoms with van der Waals surface area (Å²) in [7, 11) is 0. The number of hydrogen-bond donors (Lipinski definition) is 2. The monoisotopic (exact) mass is 295 g/mol. The zero-order valence-electron chi connectivity index (χ0n) is 10.2. The number of halogens is 1. The van der Waals surface area contributed by atoms with Crippen LogP contribution in [0.5, 0.6) is 0 Å². The molecular weight excluding hydrogens is 286 g/mol. The van der Waals surface area contributed by atoms with E-state index in [-0.39, 0.29) is 24.7 Å². The molecule has 9 heteroatoms. The van der Waals surface area contributed by atoms with Crippen molar-refractivity contribution in [3.8, 4) is 0 Å². The number of tetrazole rings is 1. The van der Waals surface area contributed by atoms with Crippen molar-refractivity contribution in [3.05, 3.63) is 35.1 Å². The predicted molar refractivity (Wildman–Crippen MR) is 69.2 cm³/mol. The van der Waals surface area contributed by atoms with Crippen LogP contribution in [-0.4, -0.2) is 37.2 Å². The van der Waals surface area contributed by atoms with E-state index in [4.69, 9.17) is 16.7 Å². The molecular formula is C11H10ClN5O3. The van der Waals surface area contributed by atoms with Crippen molar-refractivity contribution in [2.45, 2.75) is 13.0 Å². The molecule has 1 amide bonds. The van der Waals surface area contributed by atoms with E-state index in [0.717, 1.165) is 4.68 Å². The fourth-order valence-electron chi connectivity index (χ4n) is 1.48. The first kappa shape index (κ1) is 13.9. The highest BCUT2D eigenvalue weighted by Crippen LogP contribution is 2.13. The minimum absolute atomic E-state index is 0.115. The van der Waals surface area contributed by atoms with E-state index in [2.05, 4.69) is 20.8 Å². The first-order valence-corrected chi connectivity index (χ1v) is 5.94. The first-order chi connectivity index (χ1) is 9.54. The standard InChI is InChI=1S/C11H10ClN5O3/c12-7-1-3-8(4-2-7)13-10(18)6-17-9(5-11(19)20)14-15-16-17/h1-4H,5-6H2,(H,13,18)(H,19,20). The van der Waals surface area contributed by atoms with E-state index < -0.39 is 5.97 Å². The van der Waals surface area contributed by atoms with Crippen molar-refractivity contribution in [3.63, 3.8) is 0 Å². The number of aromatic nitrogens is 4. The van der Waals surface area contributed by atoms with E-state index in [9.17, 15) is 9.59 Å². The lowest BCUT2D eigenvalue weighted by atomic mass is 10.3. The van der Waals surface area contributed by atoms with Gasteiger partial charge in [-0.05, 0) is 34.7 Å². The van der Waals surface area contributed by atoms with Gasteiger partial charge in [0.25, 0.3) is 0 Å². The highest BCUT2D eigenvalue weighted by molar-refractivity contribution is 6.30. The molecule has 0 bridgehead atoms. The van der Waals surface area contributed by atoms with Gasteiger partial charge in [0.05, 0.1) is 0 Å². The van der Waals surface area contributed by atoms with Gasteiger partial charge in [-0.2, -0.15) is 0 Å². The Balaban J connectivity index is 1.99. The number of anilines is 1. The maximum Gasteiger partial charge on any atom is 0.311 e. The number of benzene rings is 1. The molecule has 1 aromatic carbocycles. The van der Waals surface area contributed by atoms with Crippen molar-refractivity contribution in [1.29, 1.82) is 0 Å². The summed E-state index contributed by atoms with van der Waals surface area (Å²) in [6.45, 7) is -0.168. The Morgan fingerprint density at radius 2 is 2.00 bits per heavy atom. The second-order valence-electron chi connectivity index (χ2n) is 3.88. The number of hydrogen-bond acceptors (Lipinski definition) is 5. The van der Waals surface area contributed by atoms with Crippen molar-refractivity contribution < 1.29 is 14.7 Å². The van der Waals surface area contributed by atoms with Crippen molar-refractivity contribution in [2.24, 2.45) is 0 Å². The van der Waals surface area contributed by atoms with E-state index >= 15 is 0 Å².